The zero-order valence-corrected chi connectivity index (χ0v) is 17.0. The Labute approximate surface area is 164 Å². The Morgan fingerprint density at radius 1 is 1.41 bits per heavy atom. The van der Waals surface area contributed by atoms with Crippen molar-refractivity contribution in [3.05, 3.63) is 47.0 Å². The largest absolute Gasteiger partial charge is 0.387 e. The highest BCUT2D eigenvalue weighted by Gasteiger charge is 2.37. The molecule has 1 aliphatic rings. The summed E-state index contributed by atoms with van der Waals surface area (Å²) >= 11 is 1.49. The van der Waals surface area contributed by atoms with E-state index in [1.165, 1.54) is 16.9 Å². The summed E-state index contributed by atoms with van der Waals surface area (Å²) in [5.74, 6) is 0.390. The maximum absolute atomic E-state index is 12.5. The van der Waals surface area contributed by atoms with Gasteiger partial charge in [0.1, 0.15) is 0 Å². The Morgan fingerprint density at radius 3 is 2.81 bits per heavy atom. The van der Waals surface area contributed by atoms with Crippen LogP contribution in [-0.2, 0) is 6.54 Å². The van der Waals surface area contributed by atoms with Gasteiger partial charge in [0.25, 0.3) is 0 Å². The number of likely N-dealkylation sites (tertiary alicyclic amines) is 1. The minimum Gasteiger partial charge on any atom is -0.387 e. The monoisotopic (exact) mass is 388 g/mol. The number of likely N-dealkylation sites (N-methyl/N-ethyl adjacent to an activating group) is 1. The number of hydrogen-bond donors (Lipinski definition) is 2. The Morgan fingerprint density at radius 2 is 2.15 bits per heavy atom. The number of aliphatic hydroxyl groups is 1. The second kappa shape index (κ2) is 8.37. The molecule has 1 aromatic carbocycles. The molecule has 6 nitrogen and oxygen atoms in total. The van der Waals surface area contributed by atoms with Gasteiger partial charge in [-0.2, -0.15) is 0 Å². The number of hydrogen-bond acceptors (Lipinski definition) is 5. The average molecular weight is 389 g/mol. The van der Waals surface area contributed by atoms with Crippen LogP contribution in [0.3, 0.4) is 0 Å². The van der Waals surface area contributed by atoms with E-state index in [0.717, 1.165) is 18.0 Å². The van der Waals surface area contributed by atoms with Crippen molar-refractivity contribution in [3.8, 4) is 0 Å². The first kappa shape index (κ1) is 19.8. The van der Waals surface area contributed by atoms with Crippen LogP contribution in [0.15, 0.2) is 36.5 Å². The highest BCUT2D eigenvalue weighted by atomic mass is 32.1. The van der Waals surface area contributed by atoms with Crippen molar-refractivity contribution in [1.29, 1.82) is 0 Å². The van der Waals surface area contributed by atoms with Crippen LogP contribution in [-0.4, -0.2) is 58.2 Å². The second-order valence-electron chi connectivity index (χ2n) is 7.68. The van der Waals surface area contributed by atoms with Crippen LogP contribution < -0.4 is 5.32 Å². The number of thiazole rings is 1. The molecule has 1 saturated heterocycles. The normalized spacial score (nSPS) is 20.2. The number of urea groups is 1. The lowest BCUT2D eigenvalue weighted by molar-refractivity contribution is 0.0275. The molecule has 1 fully saturated rings. The number of nitrogens with zero attached hydrogens (tertiary/aromatic N) is 3. The van der Waals surface area contributed by atoms with Gasteiger partial charge < -0.3 is 10.0 Å². The van der Waals surface area contributed by atoms with Gasteiger partial charge in [-0.25, -0.2) is 9.78 Å². The quantitative estimate of drug-likeness (QED) is 0.796. The van der Waals surface area contributed by atoms with Gasteiger partial charge in [0.2, 0.25) is 0 Å². The summed E-state index contributed by atoms with van der Waals surface area (Å²) in [5, 5.41) is 14.4. The Kier molecular flexibility index (Phi) is 6.14. The van der Waals surface area contributed by atoms with Crippen LogP contribution in [0.25, 0.3) is 0 Å². The van der Waals surface area contributed by atoms with E-state index >= 15 is 0 Å². The summed E-state index contributed by atoms with van der Waals surface area (Å²) < 4.78 is 0. The fourth-order valence-corrected chi connectivity index (χ4v) is 4.17. The van der Waals surface area contributed by atoms with E-state index in [4.69, 9.17) is 0 Å². The van der Waals surface area contributed by atoms with Gasteiger partial charge in [-0.1, -0.05) is 44.2 Å². The fraction of sp³-hybridized carbons (Fsp3) is 0.500. The topological polar surface area (TPSA) is 68.7 Å². The molecule has 1 unspecified atom stereocenters. The van der Waals surface area contributed by atoms with Crippen LogP contribution in [0, 0.1) is 0 Å². The zero-order chi connectivity index (χ0) is 19.4. The third-order valence-electron chi connectivity index (χ3n) is 4.84. The minimum absolute atomic E-state index is 0.241. The number of carbonyl (C=O) groups excluding carboxylic acids is 1. The molecular formula is C20H28N4O2S. The lowest BCUT2D eigenvalue weighted by Crippen LogP contribution is -2.46. The van der Waals surface area contributed by atoms with E-state index < -0.39 is 5.60 Å². The summed E-state index contributed by atoms with van der Waals surface area (Å²) in [7, 11) is 1.71. The number of anilines is 1. The summed E-state index contributed by atoms with van der Waals surface area (Å²) in [6.45, 7) is 6.70. The summed E-state index contributed by atoms with van der Waals surface area (Å²) in [6, 6.07) is 10.0. The Bertz CT molecular complexity index is 764. The van der Waals surface area contributed by atoms with Crippen molar-refractivity contribution in [1.82, 2.24) is 14.8 Å². The molecule has 3 rings (SSSR count). The van der Waals surface area contributed by atoms with E-state index in [-0.39, 0.29) is 6.03 Å². The third kappa shape index (κ3) is 5.28. The van der Waals surface area contributed by atoms with E-state index in [0.29, 0.717) is 30.6 Å². The van der Waals surface area contributed by atoms with E-state index in [1.54, 1.807) is 18.1 Å². The molecule has 1 aliphatic heterocycles. The Balaban J connectivity index is 1.51. The Hall–Kier alpha value is -1.96. The van der Waals surface area contributed by atoms with Crippen molar-refractivity contribution in [3.63, 3.8) is 0 Å². The van der Waals surface area contributed by atoms with E-state index in [2.05, 4.69) is 41.2 Å². The highest BCUT2D eigenvalue weighted by Crippen LogP contribution is 2.26. The van der Waals surface area contributed by atoms with Gasteiger partial charge >= 0.3 is 6.03 Å². The van der Waals surface area contributed by atoms with Crippen LogP contribution in [0.1, 0.15) is 36.6 Å². The molecule has 1 atom stereocenters. The zero-order valence-electron chi connectivity index (χ0n) is 16.2. The van der Waals surface area contributed by atoms with Gasteiger partial charge in [-0.3, -0.25) is 10.2 Å². The molecule has 1 aromatic heterocycles. The molecule has 2 heterocycles. The van der Waals surface area contributed by atoms with Crippen molar-refractivity contribution in [2.24, 2.45) is 0 Å². The number of amides is 2. The van der Waals surface area contributed by atoms with Crippen LogP contribution >= 0.6 is 11.3 Å². The van der Waals surface area contributed by atoms with Crippen LogP contribution in [0.5, 0.6) is 0 Å². The molecule has 146 valence electrons. The number of rotatable bonds is 6. The van der Waals surface area contributed by atoms with Crippen molar-refractivity contribution in [2.45, 2.75) is 38.3 Å². The lowest BCUT2D eigenvalue weighted by atomic mass is 10.0. The minimum atomic E-state index is -0.882. The smallest absolute Gasteiger partial charge is 0.323 e. The molecule has 0 aliphatic carbocycles. The number of benzene rings is 1. The first-order valence-electron chi connectivity index (χ1n) is 9.31. The third-order valence-corrected chi connectivity index (χ3v) is 6.06. The predicted octanol–water partition coefficient (Wildman–Crippen LogP) is 3.37. The molecule has 7 heteroatoms. The SMILES string of the molecule is CC(C)c1cnc(NC(=O)N(C)CC2(O)CCN(Cc3ccccc3)C2)s1. The van der Waals surface area contributed by atoms with Gasteiger partial charge in [0.15, 0.2) is 5.13 Å². The number of β-amino-alcohol motifs (C(OH)–C–C–N with tert-alkyl or cyclic N) is 1. The molecule has 0 bridgehead atoms. The lowest BCUT2D eigenvalue weighted by Gasteiger charge is -2.29. The molecule has 0 spiro atoms. The second-order valence-corrected chi connectivity index (χ2v) is 8.74. The number of nitrogens with one attached hydrogen (secondary N) is 1. The molecule has 27 heavy (non-hydrogen) atoms. The number of aromatic nitrogens is 1. The molecule has 0 radical (unpaired) electrons. The van der Waals surface area contributed by atoms with Gasteiger partial charge in [0, 0.05) is 37.8 Å². The fourth-order valence-electron chi connectivity index (χ4n) is 3.36. The molecule has 2 amide bonds. The summed E-state index contributed by atoms with van der Waals surface area (Å²) in [5.41, 5.74) is 0.352. The highest BCUT2D eigenvalue weighted by molar-refractivity contribution is 7.15. The van der Waals surface area contributed by atoms with Gasteiger partial charge in [-0.15, -0.1) is 11.3 Å². The standard InChI is InChI=1S/C20H28N4O2S/c1-15(2)17-11-21-18(27-17)22-19(25)23(3)13-20(26)9-10-24(14-20)12-16-7-5-4-6-8-16/h4-8,11,15,26H,9-10,12-14H2,1-3H3,(H,21,22,25). The van der Waals surface area contributed by atoms with Gasteiger partial charge in [-0.05, 0) is 17.9 Å². The molecule has 2 aromatic rings. The molecular weight excluding hydrogens is 360 g/mol. The van der Waals surface area contributed by atoms with Crippen LogP contribution in [0.4, 0.5) is 9.93 Å². The summed E-state index contributed by atoms with van der Waals surface area (Å²) in [4.78, 5) is 21.6. The first-order chi connectivity index (χ1) is 12.8. The average Bonchev–Trinajstić information content (AvgIpc) is 3.23. The van der Waals surface area contributed by atoms with E-state index in [9.17, 15) is 9.90 Å². The predicted molar refractivity (Wildman–Crippen MR) is 109 cm³/mol. The maximum Gasteiger partial charge on any atom is 0.323 e. The van der Waals surface area contributed by atoms with E-state index in [1.807, 2.05) is 18.2 Å². The summed E-state index contributed by atoms with van der Waals surface area (Å²) in [6.07, 6.45) is 2.46. The van der Waals surface area contributed by atoms with Crippen molar-refractivity contribution < 1.29 is 9.90 Å². The van der Waals surface area contributed by atoms with Crippen molar-refractivity contribution in [2.75, 3.05) is 32.0 Å². The first-order valence-corrected chi connectivity index (χ1v) is 10.1. The molecule has 2 N–H and O–H groups in total. The van der Waals surface area contributed by atoms with Crippen LogP contribution in [0.2, 0.25) is 0 Å². The van der Waals surface area contributed by atoms with Crippen molar-refractivity contribution >= 4 is 22.5 Å². The maximum atomic E-state index is 12.5. The molecule has 0 saturated carbocycles. The van der Waals surface area contributed by atoms with Gasteiger partial charge in [0.05, 0.1) is 12.1 Å². The number of carbonyl (C=O) groups is 1.